The molecule has 1 aliphatic heterocycles. The molecule has 0 radical (unpaired) electrons. The van der Waals surface area contributed by atoms with Crippen LogP contribution in [0, 0.1) is 5.92 Å². The Morgan fingerprint density at radius 3 is 2.62 bits per heavy atom. The van der Waals surface area contributed by atoms with E-state index in [-0.39, 0.29) is 24.6 Å². The van der Waals surface area contributed by atoms with Crippen molar-refractivity contribution in [3.63, 3.8) is 0 Å². The highest BCUT2D eigenvalue weighted by atomic mass is 16.5. The highest BCUT2D eigenvalue weighted by molar-refractivity contribution is 5.88. The number of carbonyl (C=O) groups is 2. The fourth-order valence-electron chi connectivity index (χ4n) is 4.11. The predicted molar refractivity (Wildman–Crippen MR) is 98.2 cm³/mol. The van der Waals surface area contributed by atoms with Crippen LogP contribution in [0.25, 0.3) is 0 Å². The number of carbonyl (C=O) groups excluding carboxylic acids is 2. The van der Waals surface area contributed by atoms with Gasteiger partial charge in [0.1, 0.15) is 12.6 Å². The van der Waals surface area contributed by atoms with Gasteiger partial charge in [0.05, 0.1) is 6.10 Å². The quantitative estimate of drug-likeness (QED) is 0.760. The molecular weight excluding hydrogens is 330 g/mol. The third-order valence-corrected chi connectivity index (χ3v) is 5.68. The molecule has 26 heavy (non-hydrogen) atoms. The number of ether oxygens (including phenoxy) is 1. The Bertz CT molecular complexity index is 597. The lowest BCUT2D eigenvalue weighted by atomic mass is 9.84. The Kier molecular flexibility index (Phi) is 6.67. The minimum Gasteiger partial charge on any atom is -0.459 e. The lowest BCUT2D eigenvalue weighted by Gasteiger charge is -2.29. The molecule has 1 aromatic carbocycles. The van der Waals surface area contributed by atoms with Crippen LogP contribution in [0.1, 0.15) is 56.9 Å². The first-order valence-electron chi connectivity index (χ1n) is 9.83. The second-order valence-corrected chi connectivity index (χ2v) is 7.49. The Labute approximate surface area is 155 Å². The van der Waals surface area contributed by atoms with Crippen molar-refractivity contribution in [3.05, 3.63) is 35.9 Å². The van der Waals surface area contributed by atoms with Gasteiger partial charge in [0.25, 0.3) is 0 Å². The molecule has 0 unspecified atom stereocenters. The molecule has 2 atom stereocenters. The molecule has 0 aromatic heterocycles. The zero-order valence-corrected chi connectivity index (χ0v) is 15.3. The number of benzene rings is 1. The minimum atomic E-state index is -0.509. The highest BCUT2D eigenvalue weighted by Crippen LogP contribution is 2.29. The average Bonchev–Trinajstić information content (AvgIpc) is 3.06. The number of amides is 1. The number of rotatable bonds is 7. The largest absolute Gasteiger partial charge is 0.459 e. The SMILES string of the molecule is O=C(OCc1ccccc1)[C@H]1CCC(=O)N1CC[C@H](O)C1CCCCC1. The number of aliphatic hydroxyl groups is 1. The van der Waals surface area contributed by atoms with Gasteiger partial charge in [-0.3, -0.25) is 4.79 Å². The maximum Gasteiger partial charge on any atom is 0.329 e. The molecule has 142 valence electrons. The van der Waals surface area contributed by atoms with E-state index in [1.807, 2.05) is 30.3 Å². The second-order valence-electron chi connectivity index (χ2n) is 7.49. The third kappa shape index (κ3) is 4.85. The van der Waals surface area contributed by atoms with Crippen molar-refractivity contribution in [2.75, 3.05) is 6.54 Å². The van der Waals surface area contributed by atoms with Crippen molar-refractivity contribution in [3.8, 4) is 0 Å². The summed E-state index contributed by atoms with van der Waals surface area (Å²) in [5.41, 5.74) is 0.935. The smallest absolute Gasteiger partial charge is 0.329 e. The first kappa shape index (κ1) is 18.9. The second kappa shape index (κ2) is 9.17. The van der Waals surface area contributed by atoms with E-state index in [4.69, 9.17) is 4.74 Å². The van der Waals surface area contributed by atoms with Gasteiger partial charge < -0.3 is 14.7 Å². The van der Waals surface area contributed by atoms with E-state index < -0.39 is 6.04 Å². The van der Waals surface area contributed by atoms with E-state index in [0.717, 1.165) is 18.4 Å². The van der Waals surface area contributed by atoms with Gasteiger partial charge in [-0.05, 0) is 37.2 Å². The number of hydrogen-bond acceptors (Lipinski definition) is 4. The topological polar surface area (TPSA) is 66.8 Å². The molecule has 1 aliphatic carbocycles. The standard InChI is InChI=1S/C21H29NO4/c23-19(17-9-5-2-6-10-17)13-14-22-18(11-12-20(22)24)21(25)26-15-16-7-3-1-4-8-16/h1,3-4,7-8,17-19,23H,2,5-6,9-15H2/t18-,19+/m1/s1. The van der Waals surface area contributed by atoms with Crippen molar-refractivity contribution in [1.29, 1.82) is 0 Å². The molecule has 1 saturated carbocycles. The summed E-state index contributed by atoms with van der Waals surface area (Å²) in [6.45, 7) is 0.657. The van der Waals surface area contributed by atoms with Gasteiger partial charge in [-0.25, -0.2) is 4.79 Å². The van der Waals surface area contributed by atoms with Crippen molar-refractivity contribution >= 4 is 11.9 Å². The van der Waals surface area contributed by atoms with E-state index in [0.29, 0.717) is 31.7 Å². The summed E-state index contributed by atoms with van der Waals surface area (Å²) in [6.07, 6.45) is 6.79. The molecule has 2 aliphatic rings. The third-order valence-electron chi connectivity index (χ3n) is 5.68. The van der Waals surface area contributed by atoms with Gasteiger partial charge in [-0.2, -0.15) is 0 Å². The van der Waals surface area contributed by atoms with Crippen LogP contribution < -0.4 is 0 Å². The molecule has 1 aromatic rings. The highest BCUT2D eigenvalue weighted by Gasteiger charge is 2.37. The molecule has 0 spiro atoms. The summed E-state index contributed by atoms with van der Waals surface area (Å²) >= 11 is 0. The van der Waals surface area contributed by atoms with Gasteiger partial charge in [0.2, 0.25) is 5.91 Å². The van der Waals surface area contributed by atoms with Crippen LogP contribution in [0.15, 0.2) is 30.3 Å². The number of nitrogens with zero attached hydrogens (tertiary/aromatic N) is 1. The molecule has 1 heterocycles. The maximum absolute atomic E-state index is 12.4. The molecule has 0 bridgehead atoms. The van der Waals surface area contributed by atoms with Crippen LogP contribution in [-0.4, -0.2) is 40.6 Å². The minimum absolute atomic E-state index is 0.0116. The van der Waals surface area contributed by atoms with Crippen LogP contribution in [0.4, 0.5) is 0 Å². The normalized spacial score (nSPS) is 22.4. The Morgan fingerprint density at radius 2 is 1.88 bits per heavy atom. The number of aliphatic hydroxyl groups excluding tert-OH is 1. The van der Waals surface area contributed by atoms with Gasteiger partial charge in [0, 0.05) is 13.0 Å². The van der Waals surface area contributed by atoms with Crippen molar-refractivity contribution < 1.29 is 19.4 Å². The van der Waals surface area contributed by atoms with E-state index in [2.05, 4.69) is 0 Å². The van der Waals surface area contributed by atoms with Gasteiger partial charge in [0.15, 0.2) is 0 Å². The molecule has 1 amide bonds. The molecule has 3 rings (SSSR count). The molecule has 1 N–H and O–H groups in total. The summed E-state index contributed by atoms with van der Waals surface area (Å²) in [5.74, 6) is -0.0145. The summed E-state index contributed by atoms with van der Waals surface area (Å²) in [7, 11) is 0. The molecule has 5 nitrogen and oxygen atoms in total. The van der Waals surface area contributed by atoms with E-state index in [1.54, 1.807) is 4.90 Å². The first-order valence-corrected chi connectivity index (χ1v) is 9.83. The summed E-state index contributed by atoms with van der Waals surface area (Å²) < 4.78 is 5.42. The van der Waals surface area contributed by atoms with E-state index in [9.17, 15) is 14.7 Å². The Morgan fingerprint density at radius 1 is 1.15 bits per heavy atom. The fourth-order valence-corrected chi connectivity index (χ4v) is 4.11. The van der Waals surface area contributed by atoms with E-state index in [1.165, 1.54) is 19.3 Å². The monoisotopic (exact) mass is 359 g/mol. The molecular formula is C21H29NO4. The zero-order valence-electron chi connectivity index (χ0n) is 15.3. The van der Waals surface area contributed by atoms with Gasteiger partial charge in [-0.1, -0.05) is 49.6 Å². The van der Waals surface area contributed by atoms with E-state index >= 15 is 0 Å². The average molecular weight is 359 g/mol. The number of esters is 1. The van der Waals surface area contributed by atoms with Crippen LogP contribution in [0.5, 0.6) is 0 Å². The summed E-state index contributed by atoms with van der Waals surface area (Å²) in [4.78, 5) is 26.2. The summed E-state index contributed by atoms with van der Waals surface area (Å²) in [6, 6.07) is 9.03. The van der Waals surface area contributed by atoms with Crippen LogP contribution in [0.2, 0.25) is 0 Å². The van der Waals surface area contributed by atoms with Crippen LogP contribution >= 0.6 is 0 Å². The fraction of sp³-hybridized carbons (Fsp3) is 0.619. The van der Waals surface area contributed by atoms with Gasteiger partial charge >= 0.3 is 5.97 Å². The van der Waals surface area contributed by atoms with Crippen LogP contribution in [0.3, 0.4) is 0 Å². The predicted octanol–water partition coefficient (Wildman–Crippen LogP) is 3.05. The maximum atomic E-state index is 12.4. The van der Waals surface area contributed by atoms with Crippen molar-refractivity contribution in [2.24, 2.45) is 5.92 Å². The van der Waals surface area contributed by atoms with Gasteiger partial charge in [-0.15, -0.1) is 0 Å². The zero-order chi connectivity index (χ0) is 18.4. The Balaban J connectivity index is 1.50. The Hall–Kier alpha value is -1.88. The van der Waals surface area contributed by atoms with Crippen molar-refractivity contribution in [1.82, 2.24) is 4.90 Å². The molecule has 1 saturated heterocycles. The number of hydrogen-bond donors (Lipinski definition) is 1. The lowest BCUT2D eigenvalue weighted by Crippen LogP contribution is -2.41. The molecule has 2 fully saturated rings. The summed E-state index contributed by atoms with van der Waals surface area (Å²) in [5, 5.41) is 10.4. The number of likely N-dealkylation sites (tertiary alicyclic amines) is 1. The van der Waals surface area contributed by atoms with Crippen molar-refractivity contribution in [2.45, 2.75) is 70.1 Å². The molecule has 5 heteroatoms. The first-order chi connectivity index (χ1) is 12.6. The lowest BCUT2D eigenvalue weighted by molar-refractivity contribution is -0.153. The van der Waals surface area contributed by atoms with Crippen LogP contribution in [-0.2, 0) is 20.9 Å².